The van der Waals surface area contributed by atoms with E-state index in [1.54, 1.807) is 36.5 Å². The number of nitrogens with one attached hydrogen (secondary N) is 2. The van der Waals surface area contributed by atoms with Gasteiger partial charge < -0.3 is 15.7 Å². The van der Waals surface area contributed by atoms with Gasteiger partial charge in [-0.2, -0.15) is 0 Å². The van der Waals surface area contributed by atoms with Crippen LogP contribution in [0.5, 0.6) is 0 Å². The van der Waals surface area contributed by atoms with E-state index >= 15 is 0 Å². The first-order valence-corrected chi connectivity index (χ1v) is 6.34. The van der Waals surface area contributed by atoms with Crippen molar-refractivity contribution in [1.82, 2.24) is 4.98 Å². The number of carboxylic acids is 1. The number of urea groups is 1. The monoisotopic (exact) mass is 285 g/mol. The van der Waals surface area contributed by atoms with Crippen molar-refractivity contribution in [2.45, 2.75) is 13.3 Å². The fraction of sp³-hybridized carbons (Fsp3) is 0.133. The van der Waals surface area contributed by atoms with E-state index < -0.39 is 12.0 Å². The summed E-state index contributed by atoms with van der Waals surface area (Å²) in [4.78, 5) is 26.7. The molecule has 0 saturated carbocycles. The molecular formula is C15H15N3O3. The quantitative estimate of drug-likeness (QED) is 0.805. The van der Waals surface area contributed by atoms with E-state index in [9.17, 15) is 9.59 Å². The molecule has 0 aliphatic rings. The molecule has 0 atom stereocenters. The highest BCUT2D eigenvalue weighted by Gasteiger charge is 2.09. The van der Waals surface area contributed by atoms with Gasteiger partial charge in [0.25, 0.3) is 0 Å². The maximum absolute atomic E-state index is 11.9. The maximum Gasteiger partial charge on any atom is 0.323 e. The average molecular weight is 285 g/mol. The molecule has 0 unspecified atom stereocenters. The predicted molar refractivity (Wildman–Crippen MR) is 79.4 cm³/mol. The average Bonchev–Trinajstić information content (AvgIpc) is 2.40. The number of carboxylic acid groups (broad SMARTS) is 1. The smallest absolute Gasteiger partial charge is 0.323 e. The van der Waals surface area contributed by atoms with Crippen molar-refractivity contribution in [3.05, 3.63) is 53.9 Å². The summed E-state index contributed by atoms with van der Waals surface area (Å²) < 4.78 is 0. The minimum Gasteiger partial charge on any atom is -0.481 e. The molecule has 21 heavy (non-hydrogen) atoms. The number of carbonyl (C=O) groups excluding carboxylic acids is 1. The number of anilines is 2. The third kappa shape index (κ3) is 4.31. The van der Waals surface area contributed by atoms with Gasteiger partial charge >= 0.3 is 12.0 Å². The first-order valence-electron chi connectivity index (χ1n) is 6.34. The lowest BCUT2D eigenvalue weighted by Gasteiger charge is -2.11. The predicted octanol–water partition coefficient (Wildman–Crippen LogP) is 2.66. The van der Waals surface area contributed by atoms with E-state index in [1.165, 1.54) is 6.20 Å². The second-order valence-corrected chi connectivity index (χ2v) is 4.56. The standard InChI is InChI=1S/C15H15N3O3/c1-10-6-12(9-16-8-10)17-15(21)18-13-5-3-2-4-11(13)7-14(19)20/h2-6,8-9H,7H2,1H3,(H,19,20)(H2,17,18,21). The van der Waals surface area contributed by atoms with Crippen molar-refractivity contribution in [3.63, 3.8) is 0 Å². The van der Waals surface area contributed by atoms with Gasteiger partial charge in [0, 0.05) is 11.9 Å². The Kier molecular flexibility index (Phi) is 4.50. The molecule has 1 aromatic carbocycles. The lowest BCUT2D eigenvalue weighted by atomic mass is 10.1. The van der Waals surface area contributed by atoms with Crippen LogP contribution in [-0.4, -0.2) is 22.1 Å². The van der Waals surface area contributed by atoms with Crippen molar-refractivity contribution in [1.29, 1.82) is 0 Å². The second kappa shape index (κ2) is 6.51. The topological polar surface area (TPSA) is 91.3 Å². The van der Waals surface area contributed by atoms with Gasteiger partial charge in [-0.05, 0) is 30.2 Å². The van der Waals surface area contributed by atoms with Crippen LogP contribution in [-0.2, 0) is 11.2 Å². The molecule has 0 bridgehead atoms. The Morgan fingerprint density at radius 3 is 2.67 bits per heavy atom. The Labute approximate surface area is 121 Å². The number of rotatable bonds is 4. The number of hydrogen-bond acceptors (Lipinski definition) is 3. The van der Waals surface area contributed by atoms with Gasteiger partial charge in [-0.3, -0.25) is 9.78 Å². The number of hydrogen-bond donors (Lipinski definition) is 3. The largest absolute Gasteiger partial charge is 0.481 e. The summed E-state index contributed by atoms with van der Waals surface area (Å²) in [7, 11) is 0. The number of para-hydroxylation sites is 1. The Bertz CT molecular complexity index is 671. The maximum atomic E-state index is 11.9. The van der Waals surface area contributed by atoms with Crippen LogP contribution in [0.4, 0.5) is 16.2 Å². The summed E-state index contributed by atoms with van der Waals surface area (Å²) in [6.45, 7) is 1.87. The molecule has 0 spiro atoms. The van der Waals surface area contributed by atoms with Gasteiger partial charge in [0.2, 0.25) is 0 Å². The van der Waals surface area contributed by atoms with Crippen LogP contribution >= 0.6 is 0 Å². The Morgan fingerprint density at radius 1 is 1.19 bits per heavy atom. The molecule has 108 valence electrons. The first kappa shape index (κ1) is 14.5. The zero-order valence-electron chi connectivity index (χ0n) is 11.5. The number of carbonyl (C=O) groups is 2. The molecule has 2 rings (SSSR count). The normalized spacial score (nSPS) is 9.95. The van der Waals surface area contributed by atoms with Gasteiger partial charge in [0.05, 0.1) is 18.3 Å². The molecule has 0 radical (unpaired) electrons. The van der Waals surface area contributed by atoms with Crippen LogP contribution < -0.4 is 10.6 Å². The minimum absolute atomic E-state index is 0.150. The molecule has 6 nitrogen and oxygen atoms in total. The van der Waals surface area contributed by atoms with Gasteiger partial charge in [0.1, 0.15) is 0 Å². The van der Waals surface area contributed by atoms with Crippen molar-refractivity contribution >= 4 is 23.4 Å². The first-order chi connectivity index (χ1) is 10.0. The van der Waals surface area contributed by atoms with Crippen LogP contribution in [0, 0.1) is 6.92 Å². The van der Waals surface area contributed by atoms with E-state index in [4.69, 9.17) is 5.11 Å². The second-order valence-electron chi connectivity index (χ2n) is 4.56. The molecule has 0 fully saturated rings. The molecule has 1 heterocycles. The van der Waals surface area contributed by atoms with Crippen molar-refractivity contribution in [2.75, 3.05) is 10.6 Å². The number of aromatic nitrogens is 1. The summed E-state index contributed by atoms with van der Waals surface area (Å²) in [6, 6.07) is 8.13. The fourth-order valence-electron chi connectivity index (χ4n) is 1.87. The highest BCUT2D eigenvalue weighted by Crippen LogP contribution is 2.16. The Hall–Kier alpha value is -2.89. The van der Waals surface area contributed by atoms with Gasteiger partial charge in [-0.25, -0.2) is 4.79 Å². The van der Waals surface area contributed by atoms with Crippen LogP contribution in [0.15, 0.2) is 42.7 Å². The summed E-state index contributed by atoms with van der Waals surface area (Å²) in [5, 5.41) is 14.1. The Balaban J connectivity index is 2.07. The summed E-state index contributed by atoms with van der Waals surface area (Å²) >= 11 is 0. The number of pyridine rings is 1. The van der Waals surface area contributed by atoms with Crippen LogP contribution in [0.25, 0.3) is 0 Å². The van der Waals surface area contributed by atoms with Crippen molar-refractivity contribution < 1.29 is 14.7 Å². The van der Waals surface area contributed by atoms with Crippen LogP contribution in [0.1, 0.15) is 11.1 Å². The van der Waals surface area contributed by atoms with Crippen molar-refractivity contribution in [3.8, 4) is 0 Å². The van der Waals surface area contributed by atoms with E-state index in [-0.39, 0.29) is 6.42 Å². The van der Waals surface area contributed by atoms with Crippen LogP contribution in [0.3, 0.4) is 0 Å². The van der Waals surface area contributed by atoms with Gasteiger partial charge in [-0.15, -0.1) is 0 Å². The molecule has 3 N–H and O–H groups in total. The number of benzene rings is 1. The molecule has 0 saturated heterocycles. The molecule has 6 heteroatoms. The van der Waals surface area contributed by atoms with Gasteiger partial charge in [-0.1, -0.05) is 18.2 Å². The third-order valence-electron chi connectivity index (χ3n) is 2.74. The molecule has 2 aromatic rings. The molecule has 0 aliphatic heterocycles. The number of amides is 2. The summed E-state index contributed by atoms with van der Waals surface area (Å²) in [5.41, 5.74) is 2.52. The molecule has 1 aromatic heterocycles. The highest BCUT2D eigenvalue weighted by atomic mass is 16.4. The molecule has 2 amide bonds. The SMILES string of the molecule is Cc1cncc(NC(=O)Nc2ccccc2CC(=O)O)c1. The lowest BCUT2D eigenvalue weighted by Crippen LogP contribution is -2.20. The summed E-state index contributed by atoms with van der Waals surface area (Å²) in [5.74, 6) is -0.951. The number of nitrogens with zero attached hydrogens (tertiary/aromatic N) is 1. The van der Waals surface area contributed by atoms with Gasteiger partial charge in [0.15, 0.2) is 0 Å². The zero-order valence-corrected chi connectivity index (χ0v) is 11.5. The number of aliphatic carboxylic acids is 1. The van der Waals surface area contributed by atoms with Crippen molar-refractivity contribution in [2.24, 2.45) is 0 Å². The zero-order chi connectivity index (χ0) is 15.2. The number of aryl methyl sites for hydroxylation is 1. The van der Waals surface area contributed by atoms with E-state index in [1.807, 2.05) is 6.92 Å². The van der Waals surface area contributed by atoms with Crippen LogP contribution in [0.2, 0.25) is 0 Å². The summed E-state index contributed by atoms with van der Waals surface area (Å²) in [6.07, 6.45) is 3.07. The van der Waals surface area contributed by atoms with E-state index in [2.05, 4.69) is 15.6 Å². The molecule has 0 aliphatic carbocycles. The third-order valence-corrected chi connectivity index (χ3v) is 2.74. The Morgan fingerprint density at radius 2 is 1.95 bits per heavy atom. The minimum atomic E-state index is -0.951. The highest BCUT2D eigenvalue weighted by molar-refractivity contribution is 6.00. The lowest BCUT2D eigenvalue weighted by molar-refractivity contribution is -0.136. The fourth-order valence-corrected chi connectivity index (χ4v) is 1.87. The van der Waals surface area contributed by atoms with E-state index in [0.29, 0.717) is 16.9 Å². The van der Waals surface area contributed by atoms with E-state index in [0.717, 1.165) is 5.56 Å². The molecular weight excluding hydrogens is 270 g/mol.